The van der Waals surface area contributed by atoms with Gasteiger partial charge < -0.3 is 20.8 Å². The highest BCUT2D eigenvalue weighted by Gasteiger charge is 2.34. The van der Waals surface area contributed by atoms with Gasteiger partial charge in [-0.25, -0.2) is 9.97 Å². The zero-order valence-electron chi connectivity index (χ0n) is 15.3. The summed E-state index contributed by atoms with van der Waals surface area (Å²) in [6.07, 6.45) is 7.43. The summed E-state index contributed by atoms with van der Waals surface area (Å²) in [7, 11) is 0. The standard InChI is InChI=1S/C20H26N4O3/c25-16-6-4-15(5-7-16)23-19-21-11-14-3-2-13(10-17(14)24-19)18(26)22-12-20(27)8-1-9-20/h2-3,10-11,15-16,25,27H,1,4-9,12H2,(H,22,26)(H,21,23,24)/t15-,16-. The van der Waals surface area contributed by atoms with E-state index in [9.17, 15) is 15.0 Å². The van der Waals surface area contributed by atoms with Crippen LogP contribution in [0.3, 0.4) is 0 Å². The third-order valence-corrected chi connectivity index (χ3v) is 5.74. The number of anilines is 1. The van der Waals surface area contributed by atoms with Gasteiger partial charge in [0, 0.05) is 29.7 Å². The molecule has 0 radical (unpaired) electrons. The van der Waals surface area contributed by atoms with E-state index in [2.05, 4.69) is 20.6 Å². The Bertz CT molecular complexity index is 829. The topological polar surface area (TPSA) is 107 Å². The van der Waals surface area contributed by atoms with Crippen molar-refractivity contribution in [3.05, 3.63) is 30.0 Å². The summed E-state index contributed by atoms with van der Waals surface area (Å²) in [4.78, 5) is 21.3. The summed E-state index contributed by atoms with van der Waals surface area (Å²) in [5.41, 5.74) is 0.494. The average Bonchev–Trinajstić information content (AvgIpc) is 2.66. The van der Waals surface area contributed by atoms with E-state index in [0.29, 0.717) is 17.0 Å². The maximum atomic E-state index is 12.4. The molecule has 1 aromatic carbocycles. The Morgan fingerprint density at radius 3 is 2.70 bits per heavy atom. The van der Waals surface area contributed by atoms with E-state index in [1.165, 1.54) is 0 Å². The summed E-state index contributed by atoms with van der Waals surface area (Å²) in [6.45, 7) is 0.286. The predicted molar refractivity (Wildman–Crippen MR) is 103 cm³/mol. The van der Waals surface area contributed by atoms with Gasteiger partial charge in [0.2, 0.25) is 5.95 Å². The van der Waals surface area contributed by atoms with E-state index in [1.54, 1.807) is 18.3 Å². The van der Waals surface area contributed by atoms with Crippen LogP contribution in [0.25, 0.3) is 10.9 Å². The molecule has 0 unspecified atom stereocenters. The molecule has 144 valence electrons. The number of hydrogen-bond acceptors (Lipinski definition) is 6. The van der Waals surface area contributed by atoms with Crippen molar-refractivity contribution in [2.75, 3.05) is 11.9 Å². The summed E-state index contributed by atoms with van der Waals surface area (Å²) < 4.78 is 0. The highest BCUT2D eigenvalue weighted by molar-refractivity contribution is 5.97. The largest absolute Gasteiger partial charge is 0.393 e. The minimum atomic E-state index is -0.737. The van der Waals surface area contributed by atoms with Crippen LogP contribution in [0.15, 0.2) is 24.4 Å². The van der Waals surface area contributed by atoms with E-state index < -0.39 is 5.60 Å². The summed E-state index contributed by atoms with van der Waals surface area (Å²) in [6, 6.07) is 5.61. The lowest BCUT2D eigenvalue weighted by Crippen LogP contribution is -2.47. The molecule has 0 atom stereocenters. The van der Waals surface area contributed by atoms with Crippen LogP contribution in [0.4, 0.5) is 5.95 Å². The number of hydrogen-bond donors (Lipinski definition) is 4. The van der Waals surface area contributed by atoms with E-state index in [4.69, 9.17) is 0 Å². The third-order valence-electron chi connectivity index (χ3n) is 5.74. The zero-order chi connectivity index (χ0) is 18.9. The monoisotopic (exact) mass is 370 g/mol. The lowest BCUT2D eigenvalue weighted by atomic mass is 9.80. The number of aliphatic hydroxyl groups excluding tert-OH is 1. The van der Waals surface area contributed by atoms with Gasteiger partial charge in [0.1, 0.15) is 0 Å². The first-order valence-electron chi connectivity index (χ1n) is 9.73. The zero-order valence-corrected chi connectivity index (χ0v) is 15.3. The summed E-state index contributed by atoms with van der Waals surface area (Å²) >= 11 is 0. The Labute approximate surface area is 158 Å². The van der Waals surface area contributed by atoms with Crippen molar-refractivity contribution in [2.45, 2.75) is 62.7 Å². The molecule has 2 aliphatic rings. The van der Waals surface area contributed by atoms with Crippen molar-refractivity contribution in [1.29, 1.82) is 0 Å². The lowest BCUT2D eigenvalue weighted by molar-refractivity contribution is -0.0300. The maximum Gasteiger partial charge on any atom is 0.251 e. The highest BCUT2D eigenvalue weighted by atomic mass is 16.3. The van der Waals surface area contributed by atoms with Crippen LogP contribution in [0.1, 0.15) is 55.3 Å². The second-order valence-electron chi connectivity index (χ2n) is 7.88. The number of carbonyl (C=O) groups is 1. The number of nitrogens with zero attached hydrogens (tertiary/aromatic N) is 2. The quantitative estimate of drug-likeness (QED) is 0.641. The van der Waals surface area contributed by atoms with E-state index in [1.807, 2.05) is 6.07 Å². The van der Waals surface area contributed by atoms with Gasteiger partial charge in [-0.05, 0) is 57.1 Å². The molecule has 1 heterocycles. The van der Waals surface area contributed by atoms with Gasteiger partial charge in [-0.15, -0.1) is 0 Å². The number of rotatable bonds is 5. The fraction of sp³-hybridized carbons (Fsp3) is 0.550. The molecular formula is C20H26N4O3. The van der Waals surface area contributed by atoms with Gasteiger partial charge in [0.15, 0.2) is 0 Å². The van der Waals surface area contributed by atoms with Gasteiger partial charge in [-0.3, -0.25) is 4.79 Å². The molecular weight excluding hydrogens is 344 g/mol. The van der Waals surface area contributed by atoms with Crippen molar-refractivity contribution in [3.63, 3.8) is 0 Å². The average molecular weight is 370 g/mol. The number of aromatic nitrogens is 2. The van der Waals surface area contributed by atoms with Crippen molar-refractivity contribution < 1.29 is 15.0 Å². The van der Waals surface area contributed by atoms with Gasteiger partial charge in [0.05, 0.1) is 17.2 Å². The third kappa shape index (κ3) is 4.20. The minimum absolute atomic E-state index is 0.195. The molecule has 1 amide bonds. The molecule has 2 aromatic rings. The molecule has 7 nitrogen and oxygen atoms in total. The molecule has 0 saturated heterocycles. The first kappa shape index (κ1) is 18.1. The first-order valence-corrected chi connectivity index (χ1v) is 9.73. The molecule has 7 heteroatoms. The van der Waals surface area contributed by atoms with Crippen molar-refractivity contribution in [1.82, 2.24) is 15.3 Å². The minimum Gasteiger partial charge on any atom is -0.393 e. The van der Waals surface area contributed by atoms with Crippen molar-refractivity contribution in [2.24, 2.45) is 0 Å². The SMILES string of the molecule is O=C(NCC1(O)CCC1)c1ccc2cnc(N[C@H]3CC[C@H](O)CC3)nc2c1. The van der Waals surface area contributed by atoms with Crippen LogP contribution in [0.2, 0.25) is 0 Å². The van der Waals surface area contributed by atoms with Gasteiger partial charge >= 0.3 is 0 Å². The summed E-state index contributed by atoms with van der Waals surface area (Å²) in [5, 5.41) is 26.8. The van der Waals surface area contributed by atoms with Crippen LogP contribution in [0, 0.1) is 0 Å². The van der Waals surface area contributed by atoms with Crippen molar-refractivity contribution in [3.8, 4) is 0 Å². The van der Waals surface area contributed by atoms with Crippen molar-refractivity contribution >= 4 is 22.8 Å². The first-order chi connectivity index (χ1) is 13.0. The molecule has 1 aromatic heterocycles. The Morgan fingerprint density at radius 1 is 1.22 bits per heavy atom. The fourth-order valence-corrected chi connectivity index (χ4v) is 3.75. The molecule has 0 aliphatic heterocycles. The maximum absolute atomic E-state index is 12.4. The number of amides is 1. The molecule has 2 fully saturated rings. The van der Waals surface area contributed by atoms with E-state index in [0.717, 1.165) is 50.3 Å². The normalized spacial score (nSPS) is 24.2. The number of carbonyl (C=O) groups excluding carboxylic acids is 1. The number of fused-ring (bicyclic) bond motifs is 1. The Balaban J connectivity index is 1.44. The molecule has 2 saturated carbocycles. The summed E-state index contributed by atoms with van der Waals surface area (Å²) in [5.74, 6) is 0.344. The number of aliphatic hydroxyl groups is 2. The molecule has 0 bridgehead atoms. The molecule has 2 aliphatic carbocycles. The fourth-order valence-electron chi connectivity index (χ4n) is 3.75. The van der Waals surface area contributed by atoms with Crippen LogP contribution >= 0.6 is 0 Å². The van der Waals surface area contributed by atoms with Crippen LogP contribution in [-0.4, -0.2) is 50.4 Å². The van der Waals surface area contributed by atoms with E-state index in [-0.39, 0.29) is 24.6 Å². The lowest BCUT2D eigenvalue weighted by Gasteiger charge is -2.36. The Hall–Kier alpha value is -2.25. The van der Waals surface area contributed by atoms with Gasteiger partial charge in [-0.2, -0.15) is 0 Å². The second kappa shape index (κ2) is 7.40. The Morgan fingerprint density at radius 2 is 2.00 bits per heavy atom. The molecule has 0 spiro atoms. The molecule has 27 heavy (non-hydrogen) atoms. The Kier molecular flexibility index (Phi) is 4.97. The number of nitrogens with one attached hydrogen (secondary N) is 2. The van der Waals surface area contributed by atoms with Crippen LogP contribution in [0.5, 0.6) is 0 Å². The van der Waals surface area contributed by atoms with E-state index >= 15 is 0 Å². The van der Waals surface area contributed by atoms with Crippen LogP contribution in [-0.2, 0) is 0 Å². The second-order valence-corrected chi connectivity index (χ2v) is 7.88. The molecule has 4 N–H and O–H groups in total. The number of benzene rings is 1. The predicted octanol–water partition coefficient (Wildman–Crippen LogP) is 1.99. The highest BCUT2D eigenvalue weighted by Crippen LogP contribution is 2.30. The van der Waals surface area contributed by atoms with Gasteiger partial charge in [0.25, 0.3) is 5.91 Å². The molecule has 4 rings (SSSR count). The smallest absolute Gasteiger partial charge is 0.251 e. The van der Waals surface area contributed by atoms with Gasteiger partial charge in [-0.1, -0.05) is 6.07 Å². The van der Waals surface area contributed by atoms with Crippen LogP contribution < -0.4 is 10.6 Å².